The topological polar surface area (TPSA) is 63.7 Å². The minimum atomic E-state index is -5.72. The molecule has 0 radical (unpaired) electrons. The molecule has 0 bridgehead atoms. The summed E-state index contributed by atoms with van der Waals surface area (Å²) in [5.41, 5.74) is -4.10. The highest BCUT2D eigenvalue weighted by atomic mass is 32.2. The van der Waals surface area contributed by atoms with Crippen molar-refractivity contribution < 1.29 is 30.6 Å². The van der Waals surface area contributed by atoms with Crippen LogP contribution in [0.2, 0.25) is 0 Å². The quantitative estimate of drug-likeness (QED) is 0.479. The van der Waals surface area contributed by atoms with Gasteiger partial charge >= 0.3 is 15.6 Å². The number of nitrogens with zero attached hydrogens (tertiary/aromatic N) is 1. The summed E-state index contributed by atoms with van der Waals surface area (Å²) in [5.74, 6) is -0.289. The van der Waals surface area contributed by atoms with E-state index in [9.17, 15) is 26.4 Å². The lowest BCUT2D eigenvalue weighted by atomic mass is 9.99. The molecule has 0 atom stereocenters. The van der Waals surface area contributed by atoms with E-state index in [0.717, 1.165) is 0 Å². The molecule has 0 N–H and O–H groups in total. The second-order valence-corrected chi connectivity index (χ2v) is 6.51. The highest BCUT2D eigenvalue weighted by Crippen LogP contribution is 2.34. The van der Waals surface area contributed by atoms with E-state index in [-0.39, 0.29) is 12.2 Å². The van der Waals surface area contributed by atoms with Crippen LogP contribution < -0.4 is 4.18 Å². The molecule has 0 saturated heterocycles. The first kappa shape index (κ1) is 16.6. The highest BCUT2D eigenvalue weighted by Gasteiger charge is 2.49. The lowest BCUT2D eigenvalue weighted by molar-refractivity contribution is -0.118. The third-order valence-corrected chi connectivity index (χ3v) is 4.45. The van der Waals surface area contributed by atoms with Crippen molar-refractivity contribution in [3.63, 3.8) is 0 Å². The Morgan fingerprint density at radius 1 is 1.23 bits per heavy atom. The normalized spacial score (nSPS) is 15.9. The molecule has 1 aliphatic heterocycles. The average molecular weight is 337 g/mol. The number of halogens is 3. The maximum atomic E-state index is 12.5. The Bertz CT molecular complexity index is 685. The van der Waals surface area contributed by atoms with Crippen molar-refractivity contribution in [2.24, 2.45) is 0 Å². The fraction of sp³-hybridized carbons (Fsp3) is 0.462. The third-order valence-electron chi connectivity index (χ3n) is 3.50. The Morgan fingerprint density at radius 3 is 2.45 bits per heavy atom. The van der Waals surface area contributed by atoms with Gasteiger partial charge in [-0.15, -0.1) is 0 Å². The van der Waals surface area contributed by atoms with Gasteiger partial charge in [0.25, 0.3) is 0 Å². The van der Waals surface area contributed by atoms with Crippen molar-refractivity contribution >= 4 is 16.5 Å². The average Bonchev–Trinajstić information content (AvgIpc) is 2.63. The Hall–Kier alpha value is -1.77. The second kappa shape index (κ2) is 5.79. The second-order valence-electron chi connectivity index (χ2n) is 4.97. The number of hydrogen-bond acceptors (Lipinski definition) is 4. The van der Waals surface area contributed by atoms with Gasteiger partial charge in [-0.05, 0) is 30.9 Å². The maximum Gasteiger partial charge on any atom is 0.534 e. The molecule has 5 nitrogen and oxygen atoms in total. The predicted molar refractivity (Wildman–Crippen MR) is 71.8 cm³/mol. The van der Waals surface area contributed by atoms with E-state index < -0.39 is 15.6 Å². The molecule has 0 saturated carbocycles. The number of rotatable bonds is 3. The van der Waals surface area contributed by atoms with Gasteiger partial charge in [0, 0.05) is 18.7 Å². The smallest absolute Gasteiger partial charge is 0.375 e. The Morgan fingerprint density at radius 2 is 1.86 bits per heavy atom. The third kappa shape index (κ3) is 3.18. The molecule has 1 aliphatic rings. The van der Waals surface area contributed by atoms with E-state index in [1.165, 1.54) is 17.9 Å². The van der Waals surface area contributed by atoms with Gasteiger partial charge in [0.05, 0.1) is 0 Å². The van der Waals surface area contributed by atoms with Crippen molar-refractivity contribution in [2.75, 3.05) is 13.1 Å². The number of fused-ring (bicyclic) bond motifs is 1. The molecule has 0 fully saturated rings. The van der Waals surface area contributed by atoms with Crippen LogP contribution in [0.5, 0.6) is 5.75 Å². The van der Waals surface area contributed by atoms with Gasteiger partial charge in [0.15, 0.2) is 0 Å². The van der Waals surface area contributed by atoms with Crippen molar-refractivity contribution in [3.8, 4) is 5.75 Å². The lowest BCUT2D eigenvalue weighted by Crippen LogP contribution is -2.29. The largest absolute Gasteiger partial charge is 0.534 e. The van der Waals surface area contributed by atoms with Gasteiger partial charge in [-0.3, -0.25) is 4.79 Å². The minimum absolute atomic E-state index is 0.235. The van der Waals surface area contributed by atoms with Gasteiger partial charge in [-0.1, -0.05) is 12.1 Å². The molecule has 0 aromatic heterocycles. The summed E-state index contributed by atoms with van der Waals surface area (Å²) < 4.78 is 64.4. The van der Waals surface area contributed by atoms with Crippen LogP contribution in [0.15, 0.2) is 12.1 Å². The van der Waals surface area contributed by atoms with Crippen molar-refractivity contribution in [3.05, 3.63) is 28.8 Å². The summed E-state index contributed by atoms with van der Waals surface area (Å²) in [6, 6.07) is 3.22. The van der Waals surface area contributed by atoms with Gasteiger partial charge < -0.3 is 9.08 Å². The van der Waals surface area contributed by atoms with Crippen LogP contribution in [0.3, 0.4) is 0 Å². The number of aryl methyl sites for hydroxylation is 1. The van der Waals surface area contributed by atoms with Gasteiger partial charge in [0.2, 0.25) is 6.41 Å². The zero-order chi connectivity index (χ0) is 16.5. The number of carbonyl (C=O) groups excluding carboxylic acids is 1. The molecule has 0 spiro atoms. The Kier molecular flexibility index (Phi) is 4.37. The van der Waals surface area contributed by atoms with Gasteiger partial charge in [-0.2, -0.15) is 21.6 Å². The zero-order valence-corrected chi connectivity index (χ0v) is 12.5. The van der Waals surface area contributed by atoms with Crippen molar-refractivity contribution in [2.45, 2.75) is 25.3 Å². The number of hydrogen-bond donors (Lipinski definition) is 0. The summed E-state index contributed by atoms with van der Waals surface area (Å²) in [6.45, 7) is 2.19. The van der Waals surface area contributed by atoms with Crippen LogP contribution in [0, 0.1) is 6.92 Å². The first-order valence-electron chi connectivity index (χ1n) is 6.47. The highest BCUT2D eigenvalue weighted by molar-refractivity contribution is 7.88. The van der Waals surface area contributed by atoms with E-state index in [0.29, 0.717) is 42.6 Å². The summed E-state index contributed by atoms with van der Waals surface area (Å²) >= 11 is 0. The van der Waals surface area contributed by atoms with Gasteiger partial charge in [-0.25, -0.2) is 0 Å². The molecular weight excluding hydrogens is 323 g/mol. The minimum Gasteiger partial charge on any atom is -0.375 e. The standard InChI is InChI=1S/C13H14F3NO4S/c1-9-2-3-10-4-6-17(8-18)7-5-11(10)12(9)21-22(19,20)13(14,15)16/h2-3,8H,4-7H2,1H3. The van der Waals surface area contributed by atoms with Crippen LogP contribution in [-0.4, -0.2) is 38.3 Å². The molecule has 1 heterocycles. The van der Waals surface area contributed by atoms with Crippen molar-refractivity contribution in [1.82, 2.24) is 4.90 Å². The molecular formula is C13H14F3NO4S. The number of amides is 1. The molecule has 1 aromatic carbocycles. The summed E-state index contributed by atoms with van der Waals surface area (Å²) in [4.78, 5) is 12.3. The monoisotopic (exact) mass is 337 g/mol. The van der Waals surface area contributed by atoms with Crippen LogP contribution >= 0.6 is 0 Å². The van der Waals surface area contributed by atoms with Crippen LogP contribution in [0.1, 0.15) is 16.7 Å². The molecule has 22 heavy (non-hydrogen) atoms. The van der Waals surface area contributed by atoms with Crippen LogP contribution in [0.25, 0.3) is 0 Å². The molecule has 1 aromatic rings. The SMILES string of the molecule is Cc1ccc2c(c1OS(=O)(=O)C(F)(F)F)CCN(C=O)CC2. The predicted octanol–water partition coefficient (Wildman–Crippen LogP) is 1.78. The summed E-state index contributed by atoms with van der Waals surface area (Å²) in [5, 5.41) is 0. The Labute approximate surface area is 125 Å². The molecule has 1 amide bonds. The fourth-order valence-corrected chi connectivity index (χ4v) is 2.85. The Balaban J connectivity index is 2.44. The van der Waals surface area contributed by atoms with Crippen LogP contribution in [-0.2, 0) is 27.8 Å². The molecule has 2 rings (SSSR count). The van der Waals surface area contributed by atoms with E-state index in [4.69, 9.17) is 0 Å². The van der Waals surface area contributed by atoms with E-state index in [1.54, 1.807) is 6.07 Å². The number of alkyl halides is 3. The molecule has 0 unspecified atom stereocenters. The van der Waals surface area contributed by atoms with Gasteiger partial charge in [0.1, 0.15) is 5.75 Å². The molecule has 122 valence electrons. The number of carbonyl (C=O) groups is 1. The first-order chi connectivity index (χ1) is 10.2. The maximum absolute atomic E-state index is 12.5. The summed E-state index contributed by atoms with van der Waals surface area (Å²) in [7, 11) is -5.72. The number of benzene rings is 1. The lowest BCUT2D eigenvalue weighted by Gasteiger charge is -2.16. The van der Waals surface area contributed by atoms with Crippen molar-refractivity contribution in [1.29, 1.82) is 0 Å². The van der Waals surface area contributed by atoms with E-state index in [2.05, 4.69) is 4.18 Å². The van der Waals surface area contributed by atoms with E-state index in [1.807, 2.05) is 0 Å². The van der Waals surface area contributed by atoms with Crippen LogP contribution in [0.4, 0.5) is 13.2 Å². The zero-order valence-electron chi connectivity index (χ0n) is 11.7. The first-order valence-corrected chi connectivity index (χ1v) is 7.88. The van der Waals surface area contributed by atoms with E-state index >= 15 is 0 Å². The fourth-order valence-electron chi connectivity index (χ4n) is 2.30. The molecule has 0 aliphatic carbocycles. The molecule has 9 heteroatoms. The summed E-state index contributed by atoms with van der Waals surface area (Å²) in [6.07, 6.45) is 1.32.